The van der Waals surface area contributed by atoms with Crippen molar-refractivity contribution in [3.63, 3.8) is 0 Å². The second-order valence-electron chi connectivity index (χ2n) is 6.71. The highest BCUT2D eigenvalue weighted by Crippen LogP contribution is 2.32. The highest BCUT2D eigenvalue weighted by atomic mass is 16.5. The molecule has 1 aliphatic carbocycles. The van der Waals surface area contributed by atoms with Crippen molar-refractivity contribution in [3.05, 3.63) is 29.8 Å². The molecule has 1 aliphatic heterocycles. The van der Waals surface area contributed by atoms with Crippen LogP contribution in [0.2, 0.25) is 0 Å². The lowest BCUT2D eigenvalue weighted by Gasteiger charge is -2.20. The number of carbonyl (C=O) groups is 2. The van der Waals surface area contributed by atoms with Gasteiger partial charge in [0, 0.05) is 32.1 Å². The van der Waals surface area contributed by atoms with Gasteiger partial charge in [-0.1, -0.05) is 12.1 Å². The monoisotopic (exact) mass is 331 g/mol. The number of nitrogens with two attached hydrogens (primary N) is 1. The van der Waals surface area contributed by atoms with Crippen LogP contribution in [0.25, 0.3) is 0 Å². The average molecular weight is 331 g/mol. The van der Waals surface area contributed by atoms with E-state index in [4.69, 9.17) is 10.5 Å². The molecule has 130 valence electrons. The van der Waals surface area contributed by atoms with E-state index in [2.05, 4.69) is 5.32 Å². The Balaban J connectivity index is 1.55. The lowest BCUT2D eigenvalue weighted by molar-refractivity contribution is -0.129. The Kier molecular flexibility index (Phi) is 5.04. The number of hydrogen-bond acceptors (Lipinski definition) is 4. The third kappa shape index (κ3) is 3.87. The van der Waals surface area contributed by atoms with Gasteiger partial charge in [-0.05, 0) is 36.5 Å². The van der Waals surface area contributed by atoms with E-state index in [0.717, 1.165) is 24.2 Å². The number of likely N-dealkylation sites (tertiary alicyclic amines) is 1. The number of carbonyl (C=O) groups excluding carboxylic acids is 2. The van der Waals surface area contributed by atoms with Crippen LogP contribution in [0.1, 0.15) is 24.8 Å². The van der Waals surface area contributed by atoms with Crippen LogP contribution in [-0.4, -0.2) is 43.0 Å². The highest BCUT2D eigenvalue weighted by Gasteiger charge is 2.37. The molecule has 1 aromatic carbocycles. The number of rotatable bonds is 7. The number of methoxy groups -OCH3 is 1. The Bertz CT molecular complexity index is 598. The predicted octanol–water partition coefficient (Wildman–Crippen LogP) is 0.897. The van der Waals surface area contributed by atoms with Crippen LogP contribution in [0.15, 0.2) is 24.3 Å². The third-order valence-corrected chi connectivity index (χ3v) is 4.89. The topological polar surface area (TPSA) is 84.7 Å². The SMILES string of the molecule is COc1ccc(CN2CC(C(=O)NC(CN)C3CC3)CC2=O)cc1. The molecule has 2 amide bonds. The van der Waals surface area contributed by atoms with Gasteiger partial charge in [-0.3, -0.25) is 9.59 Å². The number of hydrogen-bond donors (Lipinski definition) is 2. The minimum atomic E-state index is -0.274. The van der Waals surface area contributed by atoms with Crippen LogP contribution in [0, 0.1) is 11.8 Å². The van der Waals surface area contributed by atoms with Crippen LogP contribution in [0.3, 0.4) is 0 Å². The first-order valence-corrected chi connectivity index (χ1v) is 8.52. The van der Waals surface area contributed by atoms with Gasteiger partial charge in [0.25, 0.3) is 0 Å². The van der Waals surface area contributed by atoms with Gasteiger partial charge in [0.05, 0.1) is 13.0 Å². The molecule has 24 heavy (non-hydrogen) atoms. The molecule has 2 fully saturated rings. The van der Waals surface area contributed by atoms with E-state index in [1.165, 1.54) is 0 Å². The van der Waals surface area contributed by atoms with Crippen molar-refractivity contribution in [1.29, 1.82) is 0 Å². The predicted molar refractivity (Wildman–Crippen MR) is 90.2 cm³/mol. The molecule has 1 saturated carbocycles. The van der Waals surface area contributed by atoms with Gasteiger partial charge in [0.1, 0.15) is 5.75 Å². The standard InChI is InChI=1S/C18H25N3O3/c1-24-15-6-2-12(3-7-15)10-21-11-14(8-17(21)22)18(23)20-16(9-19)13-4-5-13/h2-3,6-7,13-14,16H,4-5,8-11,19H2,1H3,(H,20,23). The molecule has 1 saturated heterocycles. The zero-order valence-corrected chi connectivity index (χ0v) is 14.0. The largest absolute Gasteiger partial charge is 0.497 e. The van der Waals surface area contributed by atoms with Crippen LogP contribution in [0.4, 0.5) is 0 Å². The third-order valence-electron chi connectivity index (χ3n) is 4.89. The summed E-state index contributed by atoms with van der Waals surface area (Å²) in [7, 11) is 1.62. The molecule has 3 rings (SSSR count). The summed E-state index contributed by atoms with van der Waals surface area (Å²) >= 11 is 0. The van der Waals surface area contributed by atoms with E-state index in [-0.39, 0.29) is 30.2 Å². The van der Waals surface area contributed by atoms with Gasteiger partial charge in [0.15, 0.2) is 0 Å². The number of benzene rings is 1. The maximum absolute atomic E-state index is 12.4. The van der Waals surface area contributed by atoms with Crippen molar-refractivity contribution in [3.8, 4) is 5.75 Å². The Morgan fingerprint density at radius 1 is 1.38 bits per heavy atom. The van der Waals surface area contributed by atoms with Gasteiger partial charge in [-0.2, -0.15) is 0 Å². The second-order valence-corrected chi connectivity index (χ2v) is 6.71. The first kappa shape index (κ1) is 16.8. The summed E-state index contributed by atoms with van der Waals surface area (Å²) in [5.41, 5.74) is 6.77. The molecule has 2 unspecified atom stereocenters. The number of ether oxygens (including phenoxy) is 1. The summed E-state index contributed by atoms with van der Waals surface area (Å²) < 4.78 is 5.14. The van der Waals surface area contributed by atoms with Crippen molar-refractivity contribution < 1.29 is 14.3 Å². The normalized spacial score (nSPS) is 21.7. The molecule has 1 aromatic rings. The second kappa shape index (κ2) is 7.21. The Morgan fingerprint density at radius 3 is 2.67 bits per heavy atom. The highest BCUT2D eigenvalue weighted by molar-refractivity contribution is 5.89. The molecule has 0 bridgehead atoms. The first-order chi connectivity index (χ1) is 11.6. The molecule has 6 heteroatoms. The fourth-order valence-corrected chi connectivity index (χ4v) is 3.22. The number of nitrogens with zero attached hydrogens (tertiary/aromatic N) is 1. The molecular formula is C18H25N3O3. The first-order valence-electron chi connectivity index (χ1n) is 8.52. The fourth-order valence-electron chi connectivity index (χ4n) is 3.22. The smallest absolute Gasteiger partial charge is 0.225 e. The van der Waals surface area contributed by atoms with Crippen molar-refractivity contribution >= 4 is 11.8 Å². The molecule has 0 radical (unpaired) electrons. The van der Waals surface area contributed by atoms with E-state index >= 15 is 0 Å². The van der Waals surface area contributed by atoms with Gasteiger partial charge in [-0.15, -0.1) is 0 Å². The van der Waals surface area contributed by atoms with Crippen LogP contribution in [-0.2, 0) is 16.1 Å². The Morgan fingerprint density at radius 2 is 2.08 bits per heavy atom. The van der Waals surface area contributed by atoms with Gasteiger partial charge < -0.3 is 20.7 Å². The summed E-state index contributed by atoms with van der Waals surface area (Å²) in [6, 6.07) is 7.69. The minimum absolute atomic E-state index is 0.0293. The van der Waals surface area contributed by atoms with E-state index in [9.17, 15) is 9.59 Å². The molecule has 1 heterocycles. The number of amides is 2. The van der Waals surface area contributed by atoms with Gasteiger partial charge in [-0.25, -0.2) is 0 Å². The summed E-state index contributed by atoms with van der Waals surface area (Å²) in [4.78, 5) is 26.4. The Hall–Kier alpha value is -2.08. The van der Waals surface area contributed by atoms with E-state index < -0.39 is 0 Å². The zero-order valence-electron chi connectivity index (χ0n) is 14.0. The molecule has 0 spiro atoms. The minimum Gasteiger partial charge on any atom is -0.497 e. The summed E-state index contributed by atoms with van der Waals surface area (Å²) in [6.07, 6.45) is 2.55. The van der Waals surface area contributed by atoms with Crippen molar-refractivity contribution in [2.24, 2.45) is 17.6 Å². The molecule has 6 nitrogen and oxygen atoms in total. The van der Waals surface area contributed by atoms with E-state index in [1.54, 1.807) is 12.0 Å². The number of nitrogens with one attached hydrogen (secondary N) is 1. The van der Waals surface area contributed by atoms with Crippen LogP contribution < -0.4 is 15.8 Å². The maximum atomic E-state index is 12.4. The maximum Gasteiger partial charge on any atom is 0.225 e. The Labute approximate surface area is 142 Å². The van der Waals surface area contributed by atoms with Crippen LogP contribution >= 0.6 is 0 Å². The van der Waals surface area contributed by atoms with Gasteiger partial charge in [0.2, 0.25) is 11.8 Å². The average Bonchev–Trinajstić information content (AvgIpc) is 3.37. The van der Waals surface area contributed by atoms with E-state index in [0.29, 0.717) is 25.6 Å². The lowest BCUT2D eigenvalue weighted by atomic mass is 10.1. The summed E-state index contributed by atoms with van der Waals surface area (Å²) in [5, 5.41) is 3.03. The summed E-state index contributed by atoms with van der Waals surface area (Å²) in [6.45, 7) is 1.46. The molecule has 3 N–H and O–H groups in total. The van der Waals surface area contributed by atoms with Crippen molar-refractivity contribution in [1.82, 2.24) is 10.2 Å². The lowest BCUT2D eigenvalue weighted by Crippen LogP contribution is -2.45. The zero-order chi connectivity index (χ0) is 17.1. The van der Waals surface area contributed by atoms with Crippen molar-refractivity contribution in [2.75, 3.05) is 20.2 Å². The van der Waals surface area contributed by atoms with Crippen LogP contribution in [0.5, 0.6) is 5.75 Å². The molecule has 0 aromatic heterocycles. The van der Waals surface area contributed by atoms with E-state index in [1.807, 2.05) is 24.3 Å². The molecular weight excluding hydrogens is 306 g/mol. The molecule has 2 aliphatic rings. The van der Waals surface area contributed by atoms with Gasteiger partial charge >= 0.3 is 0 Å². The van der Waals surface area contributed by atoms with Crippen molar-refractivity contribution in [2.45, 2.75) is 31.8 Å². The summed E-state index contributed by atoms with van der Waals surface area (Å²) in [5.74, 6) is 1.02. The molecule has 2 atom stereocenters. The quantitative estimate of drug-likeness (QED) is 0.777. The fraction of sp³-hybridized carbons (Fsp3) is 0.556.